The summed E-state index contributed by atoms with van der Waals surface area (Å²) in [4.78, 5) is 58.7. The van der Waals surface area contributed by atoms with Crippen molar-refractivity contribution in [3.63, 3.8) is 0 Å². The van der Waals surface area contributed by atoms with Gasteiger partial charge in [0.15, 0.2) is 0 Å². The fourth-order valence-corrected chi connectivity index (χ4v) is 2.30. The van der Waals surface area contributed by atoms with Crippen LogP contribution in [0.1, 0.15) is 34.1 Å². The fraction of sp³-hybridized carbons (Fsp3) is 0.706. The van der Waals surface area contributed by atoms with Gasteiger partial charge in [-0.1, -0.05) is 27.7 Å². The molecule has 0 aromatic heterocycles. The Kier molecular flexibility index (Phi) is 10.8. The fourth-order valence-electron chi connectivity index (χ4n) is 2.30. The molecule has 0 fully saturated rings. The molecule has 0 aliphatic rings. The topological polar surface area (TPSA) is 208 Å². The summed E-state index contributed by atoms with van der Waals surface area (Å²) in [6.45, 7) is 5.66. The van der Waals surface area contributed by atoms with Crippen molar-refractivity contribution in [1.82, 2.24) is 16.0 Å². The van der Waals surface area contributed by atoms with Gasteiger partial charge in [0.25, 0.3) is 0 Å². The number of hydrogen-bond donors (Lipinski definition) is 7. The van der Waals surface area contributed by atoms with Gasteiger partial charge >= 0.3 is 11.9 Å². The molecule has 0 radical (unpaired) electrons. The number of rotatable bonds is 12. The number of amides is 3. The molecule has 0 bridgehead atoms. The second-order valence-corrected chi connectivity index (χ2v) is 7.25. The van der Waals surface area contributed by atoms with E-state index in [1.54, 1.807) is 27.7 Å². The molecule has 0 aliphatic carbocycles. The molecule has 0 aromatic carbocycles. The lowest BCUT2D eigenvalue weighted by molar-refractivity contribution is -0.143. The van der Waals surface area contributed by atoms with E-state index in [1.807, 2.05) is 0 Å². The van der Waals surface area contributed by atoms with Crippen LogP contribution in [0.5, 0.6) is 0 Å². The summed E-state index contributed by atoms with van der Waals surface area (Å²) in [5, 5.41) is 33.6. The number of nitrogens with one attached hydrogen (secondary N) is 3. The molecule has 0 aromatic rings. The Bertz CT molecular complexity index is 623. The van der Waals surface area contributed by atoms with Gasteiger partial charge in [-0.2, -0.15) is 0 Å². The third-order valence-electron chi connectivity index (χ3n) is 4.02. The molecule has 0 saturated carbocycles. The van der Waals surface area contributed by atoms with E-state index >= 15 is 0 Å². The zero-order valence-electron chi connectivity index (χ0n) is 16.8. The van der Waals surface area contributed by atoms with Crippen molar-refractivity contribution in [1.29, 1.82) is 0 Å². The normalized spacial score (nSPS) is 15.2. The van der Waals surface area contributed by atoms with Crippen molar-refractivity contribution in [2.45, 2.75) is 58.3 Å². The van der Waals surface area contributed by atoms with E-state index in [-0.39, 0.29) is 0 Å². The Labute approximate surface area is 168 Å². The average Bonchev–Trinajstić information content (AvgIpc) is 2.59. The minimum Gasteiger partial charge on any atom is -0.481 e. The Morgan fingerprint density at radius 1 is 0.793 bits per heavy atom. The lowest BCUT2D eigenvalue weighted by Gasteiger charge is -2.28. The lowest BCUT2D eigenvalue weighted by Crippen LogP contribution is -2.60. The quantitative estimate of drug-likeness (QED) is 0.180. The molecule has 0 heterocycles. The third kappa shape index (κ3) is 8.87. The molecule has 0 rings (SSSR count). The lowest BCUT2D eigenvalue weighted by atomic mass is 9.99. The second-order valence-electron chi connectivity index (χ2n) is 7.25. The first-order chi connectivity index (χ1) is 13.3. The predicted octanol–water partition coefficient (Wildman–Crippen LogP) is -2.37. The molecular weight excluding hydrogens is 388 g/mol. The molecule has 29 heavy (non-hydrogen) atoms. The average molecular weight is 418 g/mol. The van der Waals surface area contributed by atoms with Gasteiger partial charge in [0, 0.05) is 0 Å². The maximum atomic E-state index is 12.6. The van der Waals surface area contributed by atoms with Crippen molar-refractivity contribution in [3.8, 4) is 0 Å². The molecule has 4 atom stereocenters. The zero-order valence-corrected chi connectivity index (χ0v) is 16.8. The molecule has 4 unspecified atom stereocenters. The first-order valence-corrected chi connectivity index (χ1v) is 9.03. The second kappa shape index (κ2) is 12.0. The van der Waals surface area contributed by atoms with Crippen LogP contribution in [0.4, 0.5) is 0 Å². The van der Waals surface area contributed by atoms with Crippen LogP contribution in [0.2, 0.25) is 0 Å². The molecule has 12 nitrogen and oxygen atoms in total. The summed E-state index contributed by atoms with van der Waals surface area (Å²) in [7, 11) is 0. The molecule has 8 N–H and O–H groups in total. The van der Waals surface area contributed by atoms with E-state index in [9.17, 15) is 24.0 Å². The highest BCUT2D eigenvalue weighted by Gasteiger charge is 2.33. The van der Waals surface area contributed by atoms with Gasteiger partial charge in [0.2, 0.25) is 17.7 Å². The Morgan fingerprint density at radius 3 is 1.55 bits per heavy atom. The standard InChI is InChI=1S/C17H30N4O8/c1-7(2)12(15(26)19-10(6-22)17(28)29)21-16(27)13(8(3)4)20-14(25)9(18)5-11(23)24/h7-10,12-13,22H,5-6,18H2,1-4H3,(H,19,26)(H,20,25)(H,21,27)(H,23,24)(H,28,29). The highest BCUT2D eigenvalue weighted by atomic mass is 16.4. The zero-order chi connectivity index (χ0) is 22.9. The van der Waals surface area contributed by atoms with Gasteiger partial charge in [-0.05, 0) is 11.8 Å². The summed E-state index contributed by atoms with van der Waals surface area (Å²) < 4.78 is 0. The first-order valence-electron chi connectivity index (χ1n) is 9.03. The van der Waals surface area contributed by atoms with E-state index in [0.717, 1.165) is 0 Å². The summed E-state index contributed by atoms with van der Waals surface area (Å²) in [5.41, 5.74) is 5.49. The van der Waals surface area contributed by atoms with E-state index < -0.39 is 78.7 Å². The maximum Gasteiger partial charge on any atom is 0.328 e. The largest absolute Gasteiger partial charge is 0.481 e. The van der Waals surface area contributed by atoms with Crippen LogP contribution in [0.15, 0.2) is 0 Å². The Morgan fingerprint density at radius 2 is 1.21 bits per heavy atom. The van der Waals surface area contributed by atoms with Gasteiger partial charge < -0.3 is 37.0 Å². The number of nitrogens with two attached hydrogens (primary N) is 1. The van der Waals surface area contributed by atoms with Gasteiger partial charge in [-0.15, -0.1) is 0 Å². The van der Waals surface area contributed by atoms with Crippen LogP contribution in [0, 0.1) is 11.8 Å². The van der Waals surface area contributed by atoms with Crippen molar-refractivity contribution in [3.05, 3.63) is 0 Å². The van der Waals surface area contributed by atoms with Crippen LogP contribution in [-0.2, 0) is 24.0 Å². The van der Waals surface area contributed by atoms with Crippen molar-refractivity contribution in [2.24, 2.45) is 17.6 Å². The van der Waals surface area contributed by atoms with Crippen LogP contribution in [-0.4, -0.2) is 75.8 Å². The van der Waals surface area contributed by atoms with Crippen LogP contribution in [0.25, 0.3) is 0 Å². The highest BCUT2D eigenvalue weighted by molar-refractivity contribution is 5.94. The van der Waals surface area contributed by atoms with Crippen molar-refractivity contribution < 1.29 is 39.3 Å². The van der Waals surface area contributed by atoms with Gasteiger partial charge in [-0.3, -0.25) is 19.2 Å². The maximum absolute atomic E-state index is 12.6. The van der Waals surface area contributed by atoms with E-state index in [2.05, 4.69) is 16.0 Å². The number of hydrogen-bond acceptors (Lipinski definition) is 7. The van der Waals surface area contributed by atoms with Gasteiger partial charge in [0.1, 0.15) is 18.1 Å². The minimum absolute atomic E-state index is 0.420. The number of carboxylic acids is 2. The number of aliphatic carboxylic acids is 2. The van der Waals surface area contributed by atoms with Crippen LogP contribution in [0.3, 0.4) is 0 Å². The van der Waals surface area contributed by atoms with E-state index in [1.165, 1.54) is 0 Å². The van der Waals surface area contributed by atoms with Gasteiger partial charge in [0.05, 0.1) is 19.1 Å². The van der Waals surface area contributed by atoms with Gasteiger partial charge in [-0.25, -0.2) is 4.79 Å². The van der Waals surface area contributed by atoms with Crippen LogP contribution >= 0.6 is 0 Å². The van der Waals surface area contributed by atoms with Crippen molar-refractivity contribution >= 4 is 29.7 Å². The number of carbonyl (C=O) groups excluding carboxylic acids is 3. The number of carbonyl (C=O) groups is 5. The summed E-state index contributed by atoms with van der Waals surface area (Å²) in [6.07, 6.45) is -0.618. The Balaban J connectivity index is 5.28. The highest BCUT2D eigenvalue weighted by Crippen LogP contribution is 2.07. The third-order valence-corrected chi connectivity index (χ3v) is 4.02. The summed E-state index contributed by atoms with van der Waals surface area (Å²) in [5.74, 6) is -5.94. The molecular formula is C17H30N4O8. The monoisotopic (exact) mass is 418 g/mol. The number of carboxylic acid groups (broad SMARTS) is 2. The molecule has 3 amide bonds. The predicted molar refractivity (Wildman–Crippen MR) is 100 cm³/mol. The number of aliphatic hydroxyl groups is 1. The van der Waals surface area contributed by atoms with E-state index in [0.29, 0.717) is 0 Å². The first kappa shape index (κ1) is 26.3. The smallest absolute Gasteiger partial charge is 0.328 e. The minimum atomic E-state index is -1.53. The molecule has 166 valence electrons. The van der Waals surface area contributed by atoms with Crippen LogP contribution < -0.4 is 21.7 Å². The Hall–Kier alpha value is -2.73. The molecule has 0 saturated heterocycles. The van der Waals surface area contributed by atoms with E-state index in [4.69, 9.17) is 21.1 Å². The summed E-state index contributed by atoms with van der Waals surface area (Å²) >= 11 is 0. The molecule has 0 aliphatic heterocycles. The molecule has 12 heteroatoms. The SMILES string of the molecule is CC(C)C(NC(=O)C(N)CC(=O)O)C(=O)NC(C(=O)NC(CO)C(=O)O)C(C)C. The number of aliphatic hydroxyl groups excluding tert-OH is 1. The summed E-state index contributed by atoms with van der Waals surface area (Å²) in [6, 6.07) is -5.13. The van der Waals surface area contributed by atoms with Crippen molar-refractivity contribution in [2.75, 3.05) is 6.61 Å². The molecule has 0 spiro atoms.